The minimum absolute atomic E-state index is 0.139. The molecule has 0 aromatic heterocycles. The third kappa shape index (κ3) is 4.45. The van der Waals surface area contributed by atoms with Gasteiger partial charge in [-0.3, -0.25) is 0 Å². The third-order valence-corrected chi connectivity index (χ3v) is 6.02. The van der Waals surface area contributed by atoms with Crippen LogP contribution in [0.3, 0.4) is 0 Å². The van der Waals surface area contributed by atoms with Crippen molar-refractivity contribution in [2.75, 3.05) is 0 Å². The summed E-state index contributed by atoms with van der Waals surface area (Å²) in [6, 6.07) is 11.2. The SMILES string of the molecule is CC(C)c1cccc(C=C2CCC(N)C(N)C2=Cc2cccc(C(C)C)c2O)c1O. The molecule has 4 nitrogen and oxygen atoms in total. The molecule has 2 aromatic carbocycles. The van der Waals surface area contributed by atoms with Crippen LogP contribution in [0.1, 0.15) is 74.6 Å². The molecule has 1 aliphatic carbocycles. The van der Waals surface area contributed by atoms with Crippen LogP contribution in [0.25, 0.3) is 12.2 Å². The molecular formula is C26H34N2O2. The van der Waals surface area contributed by atoms with Gasteiger partial charge >= 0.3 is 0 Å². The van der Waals surface area contributed by atoms with Gasteiger partial charge in [0.15, 0.2) is 0 Å². The lowest BCUT2D eigenvalue weighted by Gasteiger charge is -2.31. The molecule has 30 heavy (non-hydrogen) atoms. The van der Waals surface area contributed by atoms with E-state index in [1.54, 1.807) is 0 Å². The predicted octanol–water partition coefficient (Wildman–Crippen LogP) is 5.26. The lowest BCUT2D eigenvalue weighted by molar-refractivity contribution is 0.462. The topological polar surface area (TPSA) is 92.5 Å². The highest BCUT2D eigenvalue weighted by Gasteiger charge is 2.27. The minimum atomic E-state index is -0.331. The molecule has 6 N–H and O–H groups in total. The Morgan fingerprint density at radius 1 is 0.833 bits per heavy atom. The van der Waals surface area contributed by atoms with Crippen molar-refractivity contribution in [2.45, 2.75) is 64.5 Å². The zero-order chi connectivity index (χ0) is 22.0. The van der Waals surface area contributed by atoms with E-state index < -0.39 is 0 Å². The van der Waals surface area contributed by atoms with Crippen molar-refractivity contribution >= 4 is 12.2 Å². The molecule has 0 aliphatic heterocycles. The number of benzene rings is 2. The van der Waals surface area contributed by atoms with Gasteiger partial charge < -0.3 is 21.7 Å². The molecule has 0 amide bonds. The molecule has 4 heteroatoms. The molecule has 0 bridgehead atoms. The largest absolute Gasteiger partial charge is 0.507 e. The fourth-order valence-electron chi connectivity index (χ4n) is 4.12. The Morgan fingerprint density at radius 2 is 1.33 bits per heavy atom. The van der Waals surface area contributed by atoms with Crippen LogP contribution in [0.2, 0.25) is 0 Å². The average Bonchev–Trinajstić information content (AvgIpc) is 2.69. The number of nitrogens with two attached hydrogens (primary N) is 2. The maximum atomic E-state index is 10.8. The smallest absolute Gasteiger partial charge is 0.126 e. The first-order valence-electron chi connectivity index (χ1n) is 10.8. The lowest BCUT2D eigenvalue weighted by Crippen LogP contribution is -2.45. The highest BCUT2D eigenvalue weighted by molar-refractivity contribution is 5.73. The Labute approximate surface area is 179 Å². The minimum Gasteiger partial charge on any atom is -0.507 e. The van der Waals surface area contributed by atoms with E-state index in [2.05, 4.69) is 27.7 Å². The second-order valence-electron chi connectivity index (χ2n) is 8.88. The van der Waals surface area contributed by atoms with Crippen molar-refractivity contribution in [3.8, 4) is 11.5 Å². The van der Waals surface area contributed by atoms with Gasteiger partial charge in [0.1, 0.15) is 11.5 Å². The van der Waals surface area contributed by atoms with Crippen molar-refractivity contribution in [3.05, 3.63) is 69.8 Å². The van der Waals surface area contributed by atoms with Gasteiger partial charge in [0.05, 0.1) is 0 Å². The number of phenols is 2. The second kappa shape index (κ2) is 9.07. The average molecular weight is 407 g/mol. The van der Waals surface area contributed by atoms with Crippen LogP contribution in [-0.4, -0.2) is 22.3 Å². The Morgan fingerprint density at radius 3 is 1.83 bits per heavy atom. The van der Waals surface area contributed by atoms with E-state index in [-0.39, 0.29) is 29.7 Å². The van der Waals surface area contributed by atoms with E-state index in [4.69, 9.17) is 11.5 Å². The van der Waals surface area contributed by atoms with Gasteiger partial charge in [-0.1, -0.05) is 64.1 Å². The van der Waals surface area contributed by atoms with Gasteiger partial charge in [0, 0.05) is 23.2 Å². The molecule has 1 fully saturated rings. The summed E-state index contributed by atoms with van der Waals surface area (Å²) in [7, 11) is 0. The quantitative estimate of drug-likeness (QED) is 0.557. The summed E-state index contributed by atoms with van der Waals surface area (Å²) >= 11 is 0. The van der Waals surface area contributed by atoms with Crippen molar-refractivity contribution in [2.24, 2.45) is 11.5 Å². The molecule has 2 unspecified atom stereocenters. The fraction of sp³-hybridized carbons (Fsp3) is 0.385. The van der Waals surface area contributed by atoms with E-state index in [0.29, 0.717) is 5.75 Å². The molecule has 160 valence electrons. The number of aromatic hydroxyl groups is 2. The summed E-state index contributed by atoms with van der Waals surface area (Å²) in [5.41, 5.74) is 18.1. The van der Waals surface area contributed by atoms with E-state index in [0.717, 1.165) is 46.2 Å². The van der Waals surface area contributed by atoms with Crippen LogP contribution >= 0.6 is 0 Å². The van der Waals surface area contributed by atoms with Crippen LogP contribution < -0.4 is 11.5 Å². The zero-order valence-electron chi connectivity index (χ0n) is 18.4. The normalized spacial score (nSPS) is 22.4. The summed E-state index contributed by atoms with van der Waals surface area (Å²) in [5, 5.41) is 21.5. The fourth-order valence-corrected chi connectivity index (χ4v) is 4.12. The zero-order valence-corrected chi connectivity index (χ0v) is 18.4. The first-order chi connectivity index (χ1) is 14.2. The number of hydrogen-bond donors (Lipinski definition) is 4. The standard InChI is InChI=1S/C26H34N2O2/c1-15(2)20-9-5-7-18(25(20)29)13-17-11-12-23(27)24(28)22(17)14-19-8-6-10-21(16(3)4)26(19)30/h5-10,13-16,23-24,29-30H,11-12,27-28H2,1-4H3. The van der Waals surface area contributed by atoms with Gasteiger partial charge in [0.2, 0.25) is 0 Å². The van der Waals surface area contributed by atoms with Crippen molar-refractivity contribution < 1.29 is 10.2 Å². The molecule has 0 heterocycles. The van der Waals surface area contributed by atoms with Crippen LogP contribution in [0.4, 0.5) is 0 Å². The third-order valence-electron chi connectivity index (χ3n) is 6.02. The summed E-state index contributed by atoms with van der Waals surface area (Å²) in [4.78, 5) is 0. The highest BCUT2D eigenvalue weighted by Crippen LogP contribution is 2.37. The molecule has 2 atom stereocenters. The highest BCUT2D eigenvalue weighted by atomic mass is 16.3. The van der Waals surface area contributed by atoms with Crippen molar-refractivity contribution in [1.29, 1.82) is 0 Å². The van der Waals surface area contributed by atoms with Gasteiger partial charge in [0.25, 0.3) is 0 Å². The molecule has 1 aliphatic rings. The van der Waals surface area contributed by atoms with E-state index in [9.17, 15) is 10.2 Å². The Bertz CT molecular complexity index is 973. The summed E-state index contributed by atoms with van der Waals surface area (Å²) in [6.45, 7) is 8.25. The van der Waals surface area contributed by atoms with Crippen LogP contribution in [-0.2, 0) is 0 Å². The maximum absolute atomic E-state index is 10.8. The monoisotopic (exact) mass is 406 g/mol. The summed E-state index contributed by atoms with van der Waals surface area (Å²) in [5.74, 6) is 1.05. The first kappa shape index (κ1) is 22.1. The van der Waals surface area contributed by atoms with Gasteiger partial charge in [-0.25, -0.2) is 0 Å². The van der Waals surface area contributed by atoms with Crippen LogP contribution in [0.15, 0.2) is 47.5 Å². The van der Waals surface area contributed by atoms with Crippen molar-refractivity contribution in [3.63, 3.8) is 0 Å². The Kier molecular flexibility index (Phi) is 6.69. The lowest BCUT2D eigenvalue weighted by atomic mass is 9.80. The molecule has 1 saturated carbocycles. The van der Waals surface area contributed by atoms with Gasteiger partial charge in [-0.2, -0.15) is 0 Å². The number of rotatable bonds is 4. The molecule has 0 radical (unpaired) electrons. The first-order valence-corrected chi connectivity index (χ1v) is 10.8. The summed E-state index contributed by atoms with van der Waals surface area (Å²) < 4.78 is 0. The molecular weight excluding hydrogens is 372 g/mol. The van der Waals surface area contributed by atoms with E-state index >= 15 is 0 Å². The number of para-hydroxylation sites is 2. The second-order valence-corrected chi connectivity index (χ2v) is 8.88. The summed E-state index contributed by atoms with van der Waals surface area (Å²) in [6.07, 6.45) is 5.53. The molecule has 3 rings (SSSR count). The van der Waals surface area contributed by atoms with Gasteiger partial charge in [-0.05, 0) is 59.1 Å². The number of hydrogen-bond acceptors (Lipinski definition) is 4. The number of phenolic OH excluding ortho intramolecular Hbond substituents is 2. The van der Waals surface area contributed by atoms with E-state index in [1.807, 2.05) is 48.6 Å². The predicted molar refractivity (Wildman–Crippen MR) is 126 cm³/mol. The Balaban J connectivity index is 2.11. The van der Waals surface area contributed by atoms with Crippen molar-refractivity contribution in [1.82, 2.24) is 0 Å². The van der Waals surface area contributed by atoms with Crippen LogP contribution in [0.5, 0.6) is 11.5 Å². The van der Waals surface area contributed by atoms with Gasteiger partial charge in [-0.15, -0.1) is 0 Å². The Hall–Kier alpha value is -2.56. The van der Waals surface area contributed by atoms with E-state index in [1.165, 1.54) is 0 Å². The molecule has 2 aromatic rings. The molecule has 0 saturated heterocycles. The van der Waals surface area contributed by atoms with Crippen LogP contribution in [0, 0.1) is 0 Å². The maximum Gasteiger partial charge on any atom is 0.126 e. The molecule has 0 spiro atoms.